The highest BCUT2D eigenvalue weighted by molar-refractivity contribution is 6.30. The highest BCUT2D eigenvalue weighted by Gasteiger charge is 2.09. The molecule has 2 rings (SSSR count). The van der Waals surface area contributed by atoms with E-state index in [1.165, 1.54) is 0 Å². The normalized spacial score (nSPS) is 10.3. The van der Waals surface area contributed by atoms with E-state index < -0.39 is 0 Å². The first-order chi connectivity index (χ1) is 8.65. The topological polar surface area (TPSA) is 96.7 Å². The number of benzene rings is 1. The third-order valence-corrected chi connectivity index (χ3v) is 2.58. The van der Waals surface area contributed by atoms with E-state index in [1.807, 2.05) is 24.3 Å². The molecule has 1 aromatic heterocycles. The van der Waals surface area contributed by atoms with Gasteiger partial charge in [-0.15, -0.1) is 5.10 Å². The lowest BCUT2D eigenvalue weighted by atomic mass is 10.1. The molecule has 6 nitrogen and oxygen atoms in total. The van der Waals surface area contributed by atoms with Crippen LogP contribution in [0, 0.1) is 0 Å². The lowest BCUT2D eigenvalue weighted by Crippen LogP contribution is -2.26. The molecule has 94 valence electrons. The van der Waals surface area contributed by atoms with Gasteiger partial charge in [-0.3, -0.25) is 9.89 Å². The number of aromatic nitrogens is 3. The standard InChI is InChI=1S/C11H12ClN5O/c12-8-3-1-7(2-4-8)5-6-14-10(18)9-15-11(13)17-16-9/h1-4H,5-6H2,(H,14,18)(H3,13,15,16,17). The Morgan fingerprint density at radius 3 is 2.72 bits per heavy atom. The second-order valence-electron chi connectivity index (χ2n) is 3.67. The van der Waals surface area contributed by atoms with Crippen LogP contribution in [-0.2, 0) is 6.42 Å². The van der Waals surface area contributed by atoms with E-state index in [-0.39, 0.29) is 17.7 Å². The van der Waals surface area contributed by atoms with Gasteiger partial charge in [0.25, 0.3) is 5.91 Å². The van der Waals surface area contributed by atoms with Crippen molar-refractivity contribution >= 4 is 23.5 Å². The summed E-state index contributed by atoms with van der Waals surface area (Å²) >= 11 is 5.78. The number of anilines is 1. The van der Waals surface area contributed by atoms with Gasteiger partial charge in [0, 0.05) is 11.6 Å². The minimum atomic E-state index is -0.326. The summed E-state index contributed by atoms with van der Waals surface area (Å²) in [6, 6.07) is 7.47. The molecular formula is C11H12ClN5O. The van der Waals surface area contributed by atoms with Gasteiger partial charge in [-0.05, 0) is 24.1 Å². The Morgan fingerprint density at radius 1 is 1.39 bits per heavy atom. The van der Waals surface area contributed by atoms with Crippen LogP contribution in [0.4, 0.5) is 5.95 Å². The van der Waals surface area contributed by atoms with Crippen LogP contribution in [0.5, 0.6) is 0 Å². The van der Waals surface area contributed by atoms with Gasteiger partial charge in [-0.2, -0.15) is 4.98 Å². The molecule has 1 heterocycles. The molecule has 0 bridgehead atoms. The zero-order chi connectivity index (χ0) is 13.0. The van der Waals surface area contributed by atoms with Crippen LogP contribution in [0.3, 0.4) is 0 Å². The number of nitrogens with zero attached hydrogens (tertiary/aromatic N) is 2. The molecule has 0 fully saturated rings. The predicted octanol–water partition coefficient (Wildman–Crippen LogP) is 1.01. The summed E-state index contributed by atoms with van der Waals surface area (Å²) in [5, 5.41) is 9.43. The molecule has 0 saturated carbocycles. The average Bonchev–Trinajstić information content (AvgIpc) is 2.78. The molecule has 0 radical (unpaired) electrons. The summed E-state index contributed by atoms with van der Waals surface area (Å²) in [6.45, 7) is 0.501. The van der Waals surface area contributed by atoms with Crippen molar-refractivity contribution in [1.29, 1.82) is 0 Å². The number of hydrogen-bond donors (Lipinski definition) is 3. The Morgan fingerprint density at radius 2 is 2.11 bits per heavy atom. The van der Waals surface area contributed by atoms with Gasteiger partial charge in [0.1, 0.15) is 0 Å². The van der Waals surface area contributed by atoms with Gasteiger partial charge in [0.05, 0.1) is 0 Å². The van der Waals surface area contributed by atoms with E-state index in [4.69, 9.17) is 17.3 Å². The largest absolute Gasteiger partial charge is 0.366 e. The average molecular weight is 266 g/mol. The zero-order valence-corrected chi connectivity index (χ0v) is 10.2. The summed E-state index contributed by atoms with van der Waals surface area (Å²) in [4.78, 5) is 15.3. The molecule has 0 aliphatic rings. The smallest absolute Gasteiger partial charge is 0.288 e. The SMILES string of the molecule is Nc1n[nH]c(C(=O)NCCc2ccc(Cl)cc2)n1. The van der Waals surface area contributed by atoms with E-state index >= 15 is 0 Å². The minimum Gasteiger partial charge on any atom is -0.366 e. The Kier molecular flexibility index (Phi) is 3.78. The lowest BCUT2D eigenvalue weighted by Gasteiger charge is -2.03. The molecule has 4 N–H and O–H groups in total. The molecule has 0 spiro atoms. The Bertz CT molecular complexity index is 537. The summed E-state index contributed by atoms with van der Waals surface area (Å²) < 4.78 is 0. The second kappa shape index (κ2) is 5.50. The maximum atomic E-state index is 11.6. The van der Waals surface area contributed by atoms with Crippen LogP contribution in [0.25, 0.3) is 0 Å². The third kappa shape index (κ3) is 3.21. The number of carbonyl (C=O) groups is 1. The van der Waals surface area contributed by atoms with Crippen molar-refractivity contribution in [2.45, 2.75) is 6.42 Å². The molecule has 0 saturated heterocycles. The van der Waals surface area contributed by atoms with Crippen LogP contribution in [0.1, 0.15) is 16.2 Å². The van der Waals surface area contributed by atoms with E-state index in [2.05, 4.69) is 20.5 Å². The summed E-state index contributed by atoms with van der Waals surface area (Å²) in [5.41, 5.74) is 6.40. The van der Waals surface area contributed by atoms with Gasteiger partial charge in [0.2, 0.25) is 11.8 Å². The summed E-state index contributed by atoms with van der Waals surface area (Å²) in [5.74, 6) is -0.158. The van der Waals surface area contributed by atoms with Crippen molar-refractivity contribution in [1.82, 2.24) is 20.5 Å². The van der Waals surface area contributed by atoms with Crippen molar-refractivity contribution < 1.29 is 4.79 Å². The number of nitrogens with two attached hydrogens (primary N) is 1. The van der Waals surface area contributed by atoms with Gasteiger partial charge >= 0.3 is 0 Å². The fourth-order valence-corrected chi connectivity index (χ4v) is 1.56. The van der Waals surface area contributed by atoms with Crippen molar-refractivity contribution in [3.8, 4) is 0 Å². The molecule has 18 heavy (non-hydrogen) atoms. The number of rotatable bonds is 4. The summed E-state index contributed by atoms with van der Waals surface area (Å²) in [6.07, 6.45) is 0.715. The minimum absolute atomic E-state index is 0.0536. The number of amides is 1. The van der Waals surface area contributed by atoms with Crippen molar-refractivity contribution in [3.63, 3.8) is 0 Å². The first-order valence-electron chi connectivity index (χ1n) is 5.35. The fraction of sp³-hybridized carbons (Fsp3) is 0.182. The summed E-state index contributed by atoms with van der Waals surface area (Å²) in [7, 11) is 0. The first kappa shape index (κ1) is 12.4. The number of nitrogen functional groups attached to an aromatic ring is 1. The zero-order valence-electron chi connectivity index (χ0n) is 9.48. The first-order valence-corrected chi connectivity index (χ1v) is 5.73. The van der Waals surface area contributed by atoms with Gasteiger partial charge < -0.3 is 11.1 Å². The number of aromatic amines is 1. The lowest BCUT2D eigenvalue weighted by molar-refractivity contribution is 0.0944. The number of nitrogens with one attached hydrogen (secondary N) is 2. The molecule has 0 aliphatic carbocycles. The number of carbonyl (C=O) groups excluding carboxylic acids is 1. The van der Waals surface area contributed by atoms with Crippen molar-refractivity contribution in [2.24, 2.45) is 0 Å². The maximum absolute atomic E-state index is 11.6. The highest BCUT2D eigenvalue weighted by atomic mass is 35.5. The van der Waals surface area contributed by atoms with Crippen LogP contribution >= 0.6 is 11.6 Å². The fourth-order valence-electron chi connectivity index (χ4n) is 1.43. The Hall–Kier alpha value is -2.08. The van der Waals surface area contributed by atoms with Crippen molar-refractivity contribution in [3.05, 3.63) is 40.7 Å². The van der Waals surface area contributed by atoms with E-state index in [1.54, 1.807) is 0 Å². The van der Waals surface area contributed by atoms with Gasteiger partial charge in [-0.1, -0.05) is 23.7 Å². The predicted molar refractivity (Wildman–Crippen MR) is 68.3 cm³/mol. The molecule has 0 atom stereocenters. The van der Waals surface area contributed by atoms with Gasteiger partial charge in [-0.25, -0.2) is 0 Å². The molecule has 2 aromatic rings. The molecule has 1 aromatic carbocycles. The second-order valence-corrected chi connectivity index (χ2v) is 4.11. The van der Waals surface area contributed by atoms with Crippen LogP contribution in [-0.4, -0.2) is 27.6 Å². The monoisotopic (exact) mass is 265 g/mol. The van der Waals surface area contributed by atoms with Gasteiger partial charge in [0.15, 0.2) is 0 Å². The van der Waals surface area contributed by atoms with Crippen LogP contribution < -0.4 is 11.1 Å². The molecular weight excluding hydrogens is 254 g/mol. The molecule has 0 aliphatic heterocycles. The van der Waals surface area contributed by atoms with Crippen LogP contribution in [0.15, 0.2) is 24.3 Å². The Labute approximate surface area is 109 Å². The number of hydrogen-bond acceptors (Lipinski definition) is 4. The van der Waals surface area contributed by atoms with Crippen molar-refractivity contribution in [2.75, 3.05) is 12.3 Å². The molecule has 7 heteroatoms. The van der Waals surface area contributed by atoms with Crippen LogP contribution in [0.2, 0.25) is 5.02 Å². The van der Waals surface area contributed by atoms with E-state index in [9.17, 15) is 4.79 Å². The quantitative estimate of drug-likeness (QED) is 0.769. The number of halogens is 1. The Balaban J connectivity index is 1.82. The third-order valence-electron chi connectivity index (χ3n) is 2.33. The highest BCUT2D eigenvalue weighted by Crippen LogP contribution is 2.09. The molecule has 1 amide bonds. The number of H-pyrrole nitrogens is 1. The maximum Gasteiger partial charge on any atom is 0.288 e. The van der Waals surface area contributed by atoms with E-state index in [0.717, 1.165) is 5.56 Å². The van der Waals surface area contributed by atoms with E-state index in [0.29, 0.717) is 18.0 Å². The molecule has 0 unspecified atom stereocenters.